The molecule has 0 radical (unpaired) electrons. The summed E-state index contributed by atoms with van der Waals surface area (Å²) in [5.74, 6) is 1.41. The maximum Gasteiger partial charge on any atom is 0.170 e. The van der Waals surface area contributed by atoms with Gasteiger partial charge in [-0.1, -0.05) is 23.4 Å². The number of nitrogens with zero attached hydrogens (tertiary/aromatic N) is 2. The predicted octanol–water partition coefficient (Wildman–Crippen LogP) is 5.59. The highest BCUT2D eigenvalue weighted by Gasteiger charge is 2.25. The van der Waals surface area contributed by atoms with Gasteiger partial charge in [0.2, 0.25) is 0 Å². The molecular weight excluding hydrogens is 411 g/mol. The zero-order valence-electron chi connectivity index (χ0n) is 18.6. The number of aromatic nitrogens is 1. The van der Waals surface area contributed by atoms with Crippen LogP contribution in [0.5, 0.6) is 11.5 Å². The number of rotatable bonds is 9. The van der Waals surface area contributed by atoms with Gasteiger partial charge in [-0.15, -0.1) is 0 Å². The molecule has 4 rings (SSSR count). The lowest BCUT2D eigenvalue weighted by atomic mass is 9.92. The van der Waals surface area contributed by atoms with E-state index in [1.807, 2.05) is 30.2 Å². The van der Waals surface area contributed by atoms with Crippen LogP contribution in [0.4, 0.5) is 4.39 Å². The van der Waals surface area contributed by atoms with Crippen LogP contribution >= 0.6 is 0 Å². The van der Waals surface area contributed by atoms with Crippen molar-refractivity contribution in [2.24, 2.45) is 0 Å². The van der Waals surface area contributed by atoms with Gasteiger partial charge in [-0.3, -0.25) is 4.84 Å². The second-order valence-electron chi connectivity index (χ2n) is 8.09. The highest BCUT2D eigenvalue weighted by atomic mass is 19.1. The van der Waals surface area contributed by atoms with Crippen LogP contribution in [-0.4, -0.2) is 43.6 Å². The number of allylic oxidation sites excluding steroid dienone is 1. The molecule has 0 unspecified atom stereocenters. The Kier molecular flexibility index (Phi) is 7.07. The summed E-state index contributed by atoms with van der Waals surface area (Å²) in [5, 5.41) is 7.10. The quantitative estimate of drug-likeness (QED) is 0.405. The van der Waals surface area contributed by atoms with Crippen LogP contribution in [0.15, 0.2) is 47.5 Å². The summed E-state index contributed by atoms with van der Waals surface area (Å²) in [6.45, 7) is 8.68. The van der Waals surface area contributed by atoms with Gasteiger partial charge in [0, 0.05) is 36.9 Å². The van der Waals surface area contributed by atoms with Crippen LogP contribution in [-0.2, 0) is 4.84 Å². The van der Waals surface area contributed by atoms with Crippen molar-refractivity contribution in [3.63, 3.8) is 0 Å². The topological polar surface area (TPSA) is 57.0 Å². The molecule has 2 heterocycles. The van der Waals surface area contributed by atoms with E-state index in [9.17, 15) is 4.39 Å². The lowest BCUT2D eigenvalue weighted by Crippen LogP contribution is -2.33. The van der Waals surface area contributed by atoms with Crippen LogP contribution in [0.25, 0.3) is 16.5 Å². The summed E-state index contributed by atoms with van der Waals surface area (Å²) in [4.78, 5) is 5.91. The fraction of sp³-hybridized carbons (Fsp3) is 0.400. The molecule has 3 aromatic rings. The fourth-order valence-corrected chi connectivity index (χ4v) is 3.97. The van der Waals surface area contributed by atoms with Crippen LogP contribution in [0, 0.1) is 5.82 Å². The number of hydroxylamine groups is 2. The summed E-state index contributed by atoms with van der Waals surface area (Å²) in [6.07, 6.45) is 2.61. The molecule has 0 bridgehead atoms. The van der Waals surface area contributed by atoms with Crippen LogP contribution in [0.2, 0.25) is 0 Å². The predicted molar refractivity (Wildman–Crippen MR) is 121 cm³/mol. The molecule has 0 spiro atoms. The van der Waals surface area contributed by atoms with Crippen LogP contribution in [0.1, 0.15) is 43.4 Å². The Bertz CT molecular complexity index is 1070. The molecule has 1 saturated heterocycles. The van der Waals surface area contributed by atoms with Gasteiger partial charge in [0.15, 0.2) is 17.1 Å². The van der Waals surface area contributed by atoms with Gasteiger partial charge in [-0.05, 0) is 49.6 Å². The molecule has 1 fully saturated rings. The number of benzene rings is 2. The van der Waals surface area contributed by atoms with E-state index in [0.29, 0.717) is 30.5 Å². The van der Waals surface area contributed by atoms with Crippen molar-refractivity contribution in [1.29, 1.82) is 0 Å². The number of ether oxygens (including phenoxy) is 2. The van der Waals surface area contributed by atoms with Crippen molar-refractivity contribution in [3.05, 3.63) is 60.1 Å². The lowest BCUT2D eigenvalue weighted by molar-refractivity contribution is -0.172. The van der Waals surface area contributed by atoms with Gasteiger partial charge in [-0.2, -0.15) is 5.06 Å². The van der Waals surface area contributed by atoms with E-state index in [-0.39, 0.29) is 5.82 Å². The molecule has 6 nitrogen and oxygen atoms in total. The third-order valence-corrected chi connectivity index (χ3v) is 5.78. The van der Waals surface area contributed by atoms with E-state index < -0.39 is 0 Å². The number of hydrogen-bond donors (Lipinski definition) is 0. The van der Waals surface area contributed by atoms with Crippen LogP contribution < -0.4 is 9.47 Å². The zero-order chi connectivity index (χ0) is 22.5. The molecule has 0 aliphatic carbocycles. The Labute approximate surface area is 187 Å². The molecule has 2 aromatic carbocycles. The van der Waals surface area contributed by atoms with Crippen LogP contribution in [0.3, 0.4) is 0 Å². The average molecular weight is 441 g/mol. The summed E-state index contributed by atoms with van der Waals surface area (Å²) in [6, 6.07) is 10.4. The maximum atomic E-state index is 13.4. The minimum absolute atomic E-state index is 0.291. The molecule has 0 amide bonds. The van der Waals surface area contributed by atoms with E-state index in [4.69, 9.17) is 18.8 Å². The number of piperidine rings is 1. The molecule has 1 aliphatic rings. The van der Waals surface area contributed by atoms with Crippen molar-refractivity contribution < 1.29 is 23.2 Å². The minimum Gasteiger partial charge on any atom is -0.493 e. The smallest absolute Gasteiger partial charge is 0.170 e. The third kappa shape index (κ3) is 5.11. The number of hydrogen-bond acceptors (Lipinski definition) is 6. The molecule has 170 valence electrons. The van der Waals surface area contributed by atoms with Gasteiger partial charge in [-0.25, -0.2) is 4.39 Å². The highest BCUT2D eigenvalue weighted by Crippen LogP contribution is 2.33. The largest absolute Gasteiger partial charge is 0.493 e. The van der Waals surface area contributed by atoms with Crippen molar-refractivity contribution in [3.8, 4) is 11.5 Å². The molecule has 1 aromatic heterocycles. The average Bonchev–Trinajstić information content (AvgIpc) is 3.22. The standard InChI is InChI=1S/C25H29FN2O4/c1-17(2)19-5-8-22(24(15-19)29-3)30-13-4-14-31-28-11-9-18(10-12-28)25-21-7-6-20(26)16-23(21)32-27-25/h5-8,15-16,18H,1,4,9-14H2,2-3H3. The van der Waals surface area contributed by atoms with Crippen molar-refractivity contribution in [2.75, 3.05) is 33.4 Å². The van der Waals surface area contributed by atoms with E-state index >= 15 is 0 Å². The first-order valence-electron chi connectivity index (χ1n) is 10.9. The van der Waals surface area contributed by atoms with E-state index in [1.54, 1.807) is 13.2 Å². The Hall–Kier alpha value is -2.90. The monoisotopic (exact) mass is 440 g/mol. The molecule has 0 N–H and O–H groups in total. The Balaban J connectivity index is 1.19. The second kappa shape index (κ2) is 10.1. The number of fused-ring (bicyclic) bond motifs is 1. The van der Waals surface area contributed by atoms with Gasteiger partial charge in [0.05, 0.1) is 26.0 Å². The van der Waals surface area contributed by atoms with Gasteiger partial charge >= 0.3 is 0 Å². The van der Waals surface area contributed by atoms with Gasteiger partial charge in [0.1, 0.15) is 5.82 Å². The number of methoxy groups -OCH3 is 1. The minimum atomic E-state index is -0.310. The van der Waals surface area contributed by atoms with E-state index in [1.165, 1.54) is 12.1 Å². The molecule has 0 saturated carbocycles. The first kappa shape index (κ1) is 22.3. The molecule has 32 heavy (non-hydrogen) atoms. The first-order chi connectivity index (χ1) is 15.5. The van der Waals surface area contributed by atoms with E-state index in [2.05, 4.69) is 11.7 Å². The normalized spacial score (nSPS) is 15.2. The second-order valence-corrected chi connectivity index (χ2v) is 8.09. The van der Waals surface area contributed by atoms with Crippen molar-refractivity contribution in [2.45, 2.75) is 32.1 Å². The maximum absolute atomic E-state index is 13.4. The molecular formula is C25H29FN2O4. The van der Waals surface area contributed by atoms with E-state index in [0.717, 1.165) is 60.3 Å². The van der Waals surface area contributed by atoms with Crippen molar-refractivity contribution in [1.82, 2.24) is 10.2 Å². The first-order valence-corrected chi connectivity index (χ1v) is 10.9. The molecule has 0 atom stereocenters. The zero-order valence-corrected chi connectivity index (χ0v) is 18.6. The Morgan fingerprint density at radius 1 is 1.16 bits per heavy atom. The molecule has 1 aliphatic heterocycles. The highest BCUT2D eigenvalue weighted by molar-refractivity contribution is 5.79. The third-order valence-electron chi connectivity index (χ3n) is 5.78. The van der Waals surface area contributed by atoms with Gasteiger partial charge in [0.25, 0.3) is 0 Å². The fourth-order valence-electron chi connectivity index (χ4n) is 3.97. The Morgan fingerprint density at radius 2 is 1.97 bits per heavy atom. The summed E-state index contributed by atoms with van der Waals surface area (Å²) in [7, 11) is 1.64. The Morgan fingerprint density at radius 3 is 2.72 bits per heavy atom. The van der Waals surface area contributed by atoms with Gasteiger partial charge < -0.3 is 14.0 Å². The molecule has 7 heteroatoms. The number of halogens is 1. The lowest BCUT2D eigenvalue weighted by Gasteiger charge is -2.30. The summed E-state index contributed by atoms with van der Waals surface area (Å²) >= 11 is 0. The van der Waals surface area contributed by atoms with Crippen molar-refractivity contribution >= 4 is 16.5 Å². The summed E-state index contributed by atoms with van der Waals surface area (Å²) in [5.41, 5.74) is 3.44. The summed E-state index contributed by atoms with van der Waals surface area (Å²) < 4.78 is 30.0. The SMILES string of the molecule is C=C(C)c1ccc(OCCCON2CCC(c3noc4cc(F)ccc34)CC2)c(OC)c1.